The summed E-state index contributed by atoms with van der Waals surface area (Å²) in [5, 5.41) is 6.09. The molecule has 1 heterocycles. The molecule has 9 heteroatoms. The van der Waals surface area contributed by atoms with Crippen LogP contribution in [0.4, 0.5) is 18.9 Å². The van der Waals surface area contributed by atoms with Crippen LogP contribution in [0.25, 0.3) is 21.8 Å². The normalized spacial score (nSPS) is 11.9. The highest BCUT2D eigenvalue weighted by atomic mass is 35.5. The van der Waals surface area contributed by atoms with Gasteiger partial charge in [0, 0.05) is 41.0 Å². The smallest absolute Gasteiger partial charge is 0.416 e. The van der Waals surface area contributed by atoms with Crippen LogP contribution in [0.3, 0.4) is 0 Å². The second kappa shape index (κ2) is 12.1. The number of nitrogens with zero attached hydrogens (tertiary/aromatic N) is 2. The molecule has 0 bridgehead atoms. The Bertz CT molecular complexity index is 1410. The summed E-state index contributed by atoms with van der Waals surface area (Å²) in [6.07, 6.45) is -2.73. The number of hydrogen-bond donors (Lipinski definition) is 1. The second-order valence-corrected chi connectivity index (χ2v) is 9.55. The van der Waals surface area contributed by atoms with Crippen LogP contribution in [-0.4, -0.2) is 43.7 Å². The highest BCUT2D eigenvalue weighted by Crippen LogP contribution is 2.35. The minimum atomic E-state index is -4.40. The third-order valence-electron chi connectivity index (χ3n) is 6.44. The van der Waals surface area contributed by atoms with E-state index in [-0.39, 0.29) is 0 Å². The molecule has 202 valence electrons. The topological polar surface area (TPSA) is 46.6 Å². The monoisotopic (exact) mass is 545 g/mol. The molecule has 4 aromatic rings. The van der Waals surface area contributed by atoms with Crippen molar-refractivity contribution in [2.75, 3.05) is 39.2 Å². The van der Waals surface area contributed by atoms with Crippen molar-refractivity contribution in [3.63, 3.8) is 0 Å². The van der Waals surface area contributed by atoms with Gasteiger partial charge >= 0.3 is 6.18 Å². The number of pyridine rings is 1. The second-order valence-electron chi connectivity index (χ2n) is 9.11. The Balaban J connectivity index is 1.52. The summed E-state index contributed by atoms with van der Waals surface area (Å²) in [5.74, 6) is 1.19. The molecule has 0 aliphatic rings. The van der Waals surface area contributed by atoms with Gasteiger partial charge in [-0.3, -0.25) is 4.90 Å². The Morgan fingerprint density at radius 2 is 1.74 bits per heavy atom. The van der Waals surface area contributed by atoms with E-state index in [1.165, 1.54) is 19.2 Å². The van der Waals surface area contributed by atoms with Crippen LogP contribution in [0, 0.1) is 0 Å². The molecule has 3 aromatic carbocycles. The largest absolute Gasteiger partial charge is 0.497 e. The lowest BCUT2D eigenvalue weighted by Gasteiger charge is -2.24. The fraction of sp³-hybridized carbons (Fsp3) is 0.345. The molecule has 0 saturated heterocycles. The zero-order chi connectivity index (χ0) is 27.3. The van der Waals surface area contributed by atoms with Crippen molar-refractivity contribution in [1.29, 1.82) is 0 Å². The van der Waals surface area contributed by atoms with Gasteiger partial charge in [0.05, 0.1) is 36.5 Å². The van der Waals surface area contributed by atoms with E-state index in [1.807, 2.05) is 36.4 Å². The van der Waals surface area contributed by atoms with Crippen molar-refractivity contribution >= 4 is 39.1 Å². The van der Waals surface area contributed by atoms with Gasteiger partial charge in [-0.15, -0.1) is 0 Å². The maximum atomic E-state index is 13.3. The number of anilines is 1. The van der Waals surface area contributed by atoms with Crippen LogP contribution in [0.1, 0.15) is 30.9 Å². The summed E-state index contributed by atoms with van der Waals surface area (Å²) in [6.45, 7) is 4.56. The van der Waals surface area contributed by atoms with E-state index in [4.69, 9.17) is 26.1 Å². The van der Waals surface area contributed by atoms with Gasteiger partial charge in [-0.05, 0) is 74.0 Å². The first kappa shape index (κ1) is 27.8. The maximum absolute atomic E-state index is 13.3. The van der Waals surface area contributed by atoms with Gasteiger partial charge in [-0.1, -0.05) is 18.5 Å². The van der Waals surface area contributed by atoms with E-state index in [9.17, 15) is 13.2 Å². The fourth-order valence-corrected chi connectivity index (χ4v) is 4.80. The summed E-state index contributed by atoms with van der Waals surface area (Å²) in [6, 6.07) is 15.0. The molecule has 0 aliphatic carbocycles. The Morgan fingerprint density at radius 1 is 0.921 bits per heavy atom. The van der Waals surface area contributed by atoms with Crippen LogP contribution in [0.5, 0.6) is 11.5 Å². The number of alkyl halides is 3. The number of hydrogen-bond acceptors (Lipinski definition) is 5. The molecule has 5 nitrogen and oxygen atoms in total. The molecule has 1 aromatic heterocycles. The predicted molar refractivity (Wildman–Crippen MR) is 147 cm³/mol. The standard InChI is InChI=1S/C29H31ClF3N3O2/c1-4-13-36(18-19-15-20(29(31,32)33)6-11-27(19)38-3)14-5-12-34-28-23-9-7-21(30)16-26(23)35-25-10-8-22(37-2)17-24(25)28/h6-11,15-17H,4-5,12-14,18H2,1-3H3,(H,34,35). The van der Waals surface area contributed by atoms with Crippen LogP contribution >= 0.6 is 11.6 Å². The molecular weight excluding hydrogens is 515 g/mol. The Morgan fingerprint density at radius 3 is 2.45 bits per heavy atom. The first-order valence-corrected chi connectivity index (χ1v) is 12.9. The van der Waals surface area contributed by atoms with E-state index < -0.39 is 11.7 Å². The highest BCUT2D eigenvalue weighted by molar-refractivity contribution is 6.31. The van der Waals surface area contributed by atoms with Crippen molar-refractivity contribution in [3.05, 3.63) is 70.7 Å². The summed E-state index contributed by atoms with van der Waals surface area (Å²) in [5.41, 5.74) is 2.42. The van der Waals surface area contributed by atoms with Crippen LogP contribution in [0.15, 0.2) is 54.6 Å². The van der Waals surface area contributed by atoms with E-state index in [2.05, 4.69) is 17.1 Å². The molecule has 0 radical (unpaired) electrons. The van der Waals surface area contributed by atoms with Crippen LogP contribution < -0.4 is 14.8 Å². The zero-order valence-electron chi connectivity index (χ0n) is 21.7. The molecule has 0 spiro atoms. The third kappa shape index (κ3) is 6.42. The van der Waals surface area contributed by atoms with Crippen molar-refractivity contribution in [2.24, 2.45) is 0 Å². The van der Waals surface area contributed by atoms with Gasteiger partial charge in [-0.25, -0.2) is 4.98 Å². The molecule has 38 heavy (non-hydrogen) atoms. The molecule has 0 saturated carbocycles. The lowest BCUT2D eigenvalue weighted by Crippen LogP contribution is -2.27. The van der Waals surface area contributed by atoms with Crippen LogP contribution in [-0.2, 0) is 12.7 Å². The van der Waals surface area contributed by atoms with Gasteiger partial charge in [-0.2, -0.15) is 13.2 Å². The molecule has 0 unspecified atom stereocenters. The van der Waals surface area contributed by atoms with Gasteiger partial charge in [0.25, 0.3) is 0 Å². The van der Waals surface area contributed by atoms with Gasteiger partial charge in [0.1, 0.15) is 11.5 Å². The Labute approximate surface area is 225 Å². The summed E-state index contributed by atoms with van der Waals surface area (Å²) < 4.78 is 50.7. The fourth-order valence-electron chi connectivity index (χ4n) is 4.64. The van der Waals surface area contributed by atoms with Crippen LogP contribution in [0.2, 0.25) is 5.02 Å². The number of halogens is 4. The molecule has 0 aliphatic heterocycles. The molecule has 0 amide bonds. The maximum Gasteiger partial charge on any atom is 0.416 e. The minimum absolute atomic E-state index is 0.373. The van der Waals surface area contributed by atoms with E-state index >= 15 is 0 Å². The summed E-state index contributed by atoms with van der Waals surface area (Å²) in [4.78, 5) is 6.92. The Hall–Kier alpha value is -3.23. The van der Waals surface area contributed by atoms with Gasteiger partial charge in [0.15, 0.2) is 0 Å². The van der Waals surface area contributed by atoms with Crippen molar-refractivity contribution in [1.82, 2.24) is 9.88 Å². The SMILES string of the molecule is CCCN(CCCNc1c2ccc(Cl)cc2nc2ccc(OC)cc12)Cc1cc(C(F)(F)F)ccc1OC. The minimum Gasteiger partial charge on any atom is -0.497 e. The zero-order valence-corrected chi connectivity index (χ0v) is 22.4. The highest BCUT2D eigenvalue weighted by Gasteiger charge is 2.31. The van der Waals surface area contributed by atoms with Crippen molar-refractivity contribution < 1.29 is 22.6 Å². The number of rotatable bonds is 11. The molecule has 1 N–H and O–H groups in total. The number of fused-ring (bicyclic) bond motifs is 2. The quantitative estimate of drug-likeness (QED) is 0.154. The average molecular weight is 546 g/mol. The van der Waals surface area contributed by atoms with Gasteiger partial charge in [0.2, 0.25) is 0 Å². The number of nitrogens with one attached hydrogen (secondary N) is 1. The molecule has 0 atom stereocenters. The van der Waals surface area contributed by atoms with Crippen molar-refractivity contribution in [2.45, 2.75) is 32.5 Å². The predicted octanol–water partition coefficient (Wildman–Crippen LogP) is 7.79. The summed E-state index contributed by atoms with van der Waals surface area (Å²) >= 11 is 6.23. The van der Waals surface area contributed by atoms with E-state index in [0.717, 1.165) is 58.7 Å². The van der Waals surface area contributed by atoms with Crippen molar-refractivity contribution in [3.8, 4) is 11.5 Å². The molecular formula is C29H31ClF3N3O2. The Kier molecular flexibility index (Phi) is 8.84. The number of aromatic nitrogens is 1. The number of methoxy groups -OCH3 is 2. The molecule has 4 rings (SSSR count). The lowest BCUT2D eigenvalue weighted by atomic mass is 10.1. The molecule has 0 fully saturated rings. The average Bonchev–Trinajstić information content (AvgIpc) is 2.89. The first-order chi connectivity index (χ1) is 18.2. The first-order valence-electron chi connectivity index (χ1n) is 12.5. The van der Waals surface area contributed by atoms with Gasteiger partial charge < -0.3 is 14.8 Å². The number of benzene rings is 3. The van der Waals surface area contributed by atoms with E-state index in [1.54, 1.807) is 7.11 Å². The number of ether oxygens (including phenoxy) is 2. The third-order valence-corrected chi connectivity index (χ3v) is 6.67. The summed E-state index contributed by atoms with van der Waals surface area (Å²) in [7, 11) is 3.11. The van der Waals surface area contributed by atoms with E-state index in [0.29, 0.717) is 36.0 Å². The lowest BCUT2D eigenvalue weighted by molar-refractivity contribution is -0.137.